The molecule has 0 spiro atoms. The fraction of sp³-hybridized carbons (Fsp3) is 0.424. The van der Waals surface area contributed by atoms with Crippen molar-refractivity contribution >= 4 is 108 Å². The van der Waals surface area contributed by atoms with E-state index in [2.05, 4.69) is 93.1 Å². The number of ether oxygens (including phenoxy) is 2. The van der Waals surface area contributed by atoms with Crippen molar-refractivity contribution in [2.24, 2.45) is 0 Å². The first-order chi connectivity index (χ1) is 39.8. The maximum absolute atomic E-state index is 12.3. The minimum atomic E-state index is -3.37. The molecule has 0 unspecified atom stereocenters. The molecule has 0 bridgehead atoms. The van der Waals surface area contributed by atoms with Crippen LogP contribution in [-0.2, 0) is 59.4 Å². The molecular weight excluding hydrogens is 1140 g/mol. The first kappa shape index (κ1) is 66.5. The molecular formula is C59H87N13O10SSi2. The monoisotopic (exact) mass is 1230 g/mol. The number of carbonyl (C=O) groups is 4. The molecule has 0 atom stereocenters. The number of nitrogens with two attached hydrogens (primary N) is 5. The van der Waals surface area contributed by atoms with Gasteiger partial charge in [0.15, 0.2) is 29.0 Å². The minimum absolute atomic E-state index is 0.0429. The highest BCUT2D eigenvalue weighted by molar-refractivity contribution is 7.90. The van der Waals surface area contributed by atoms with Gasteiger partial charge in [-0.2, -0.15) is 13.1 Å². The van der Waals surface area contributed by atoms with E-state index < -0.39 is 26.8 Å². The molecule has 15 N–H and O–H groups in total. The Hall–Kier alpha value is -7.60. The summed E-state index contributed by atoms with van der Waals surface area (Å²) in [7, 11) is -5.29. The average Bonchev–Trinajstić information content (AvgIpc) is 3.63. The standard InChI is InChI=1S/C17H28N2O2Si.C16H27N3O2Si.C11H15N3O2.C8H8N2O2.C7H9N3O2S/c1-17(2,3)22(4,5)21-12-11-19-15-8-6-7-14(18)13(15)9-10-16(19)20;1-16(2,3)22(4,5)21-9-8-19-11-12-6-7-13(17)10-14(12)18-15(19)20;1-16-5-4-14-7-8-2-3-9(12)6-10(8)13-11(14)15;9-5-2-1-3-6-8(5)12-4-7(11)10-6;8-6-2-1-5-4-9-13(11,12)10-7(5)3-6/h6-8H,9-12,18H2,1-5H3;6-7,10H,8-9,11,17H2,1-5H3,(H,18,20);2-3,6H,4-5,7,12H2,1H3,(H,13,15);1-3H,4,9H2,(H,10,11);1-3,9-10H,4,8H2. The van der Waals surface area contributed by atoms with Crippen LogP contribution in [0.1, 0.15) is 70.2 Å². The highest BCUT2D eigenvalue weighted by Gasteiger charge is 2.39. The van der Waals surface area contributed by atoms with Crippen molar-refractivity contribution in [2.45, 2.75) is 110 Å². The number of nitrogens with one attached hydrogen (secondary N) is 5. The van der Waals surface area contributed by atoms with Gasteiger partial charge in [-0.15, -0.1) is 0 Å². The predicted octanol–water partition coefficient (Wildman–Crippen LogP) is 9.10. The molecule has 0 aromatic heterocycles. The maximum Gasteiger partial charge on any atom is 0.322 e. The van der Waals surface area contributed by atoms with Gasteiger partial charge in [0.25, 0.3) is 16.1 Å². The number of anilines is 10. The van der Waals surface area contributed by atoms with Gasteiger partial charge in [0.05, 0.1) is 36.9 Å². The van der Waals surface area contributed by atoms with Gasteiger partial charge in [0.2, 0.25) is 5.91 Å². The molecule has 85 heavy (non-hydrogen) atoms. The van der Waals surface area contributed by atoms with E-state index >= 15 is 0 Å². The lowest BCUT2D eigenvalue weighted by Crippen LogP contribution is -2.45. The minimum Gasteiger partial charge on any atom is -0.479 e. The Labute approximate surface area is 502 Å². The molecule has 5 aromatic rings. The summed E-state index contributed by atoms with van der Waals surface area (Å²) in [4.78, 5) is 52.3. The van der Waals surface area contributed by atoms with Crippen molar-refractivity contribution in [3.8, 4) is 5.75 Å². The molecule has 5 heterocycles. The number of amides is 6. The number of para-hydroxylation sites is 1. The first-order valence-electron chi connectivity index (χ1n) is 28.1. The molecule has 0 radical (unpaired) electrons. The molecule has 10 rings (SSSR count). The summed E-state index contributed by atoms with van der Waals surface area (Å²) in [6.07, 6.45) is 1.27. The second-order valence-electron chi connectivity index (χ2n) is 24.0. The van der Waals surface area contributed by atoms with E-state index in [4.69, 9.17) is 47.0 Å². The van der Waals surface area contributed by atoms with Crippen LogP contribution in [0.5, 0.6) is 5.75 Å². The molecule has 5 aliphatic rings. The van der Waals surface area contributed by atoms with Gasteiger partial charge in [0.1, 0.15) is 0 Å². The molecule has 5 aromatic carbocycles. The lowest BCUT2D eigenvalue weighted by atomic mass is 9.99. The van der Waals surface area contributed by atoms with Crippen molar-refractivity contribution in [1.29, 1.82) is 0 Å². The molecule has 6 amide bonds. The number of hydrogen-bond donors (Lipinski definition) is 10. The molecule has 26 heteroatoms. The van der Waals surface area contributed by atoms with E-state index in [1.165, 1.54) is 0 Å². The van der Waals surface area contributed by atoms with Crippen molar-refractivity contribution in [2.75, 3.05) is 107 Å². The summed E-state index contributed by atoms with van der Waals surface area (Å²) in [5, 5.41) is 8.72. The number of benzene rings is 5. The lowest BCUT2D eigenvalue weighted by Gasteiger charge is -2.37. The van der Waals surface area contributed by atoms with Crippen LogP contribution >= 0.6 is 0 Å². The predicted molar refractivity (Wildman–Crippen MR) is 345 cm³/mol. The molecule has 462 valence electrons. The average molecular weight is 1230 g/mol. The SMILES string of the molecule is CC(C)(C)[Si](C)(C)OCCN1C(=O)CCc2c(N)cccc21.CC(C)(C)[Si](C)(C)OCCN1Cc2ccc(N)cc2NC1=O.COCCN1Cc2ccc(N)cc2NC1=O.Nc1ccc2c(c1)NS(=O)(=O)NC2.Nc1cccc2c1OCC(=O)N2. The van der Waals surface area contributed by atoms with Gasteiger partial charge in [-0.1, -0.05) is 71.9 Å². The third-order valence-electron chi connectivity index (χ3n) is 15.7. The fourth-order valence-electron chi connectivity index (χ4n) is 8.64. The number of rotatable bonds is 11. The van der Waals surface area contributed by atoms with Crippen LogP contribution in [0.15, 0.2) is 91.0 Å². The van der Waals surface area contributed by atoms with E-state index in [9.17, 15) is 27.6 Å². The topological polar surface area (TPSA) is 339 Å². The fourth-order valence-corrected chi connectivity index (χ4v) is 11.6. The van der Waals surface area contributed by atoms with Crippen LogP contribution in [0.4, 0.5) is 66.5 Å². The third-order valence-corrected chi connectivity index (χ3v) is 25.8. The van der Waals surface area contributed by atoms with Gasteiger partial charge >= 0.3 is 12.1 Å². The number of urea groups is 2. The third kappa shape index (κ3) is 18.2. The van der Waals surface area contributed by atoms with Crippen LogP contribution in [0.2, 0.25) is 36.3 Å². The highest BCUT2D eigenvalue weighted by atomic mass is 32.2. The molecule has 0 fully saturated rings. The van der Waals surface area contributed by atoms with Crippen LogP contribution in [0, 0.1) is 0 Å². The van der Waals surface area contributed by atoms with Crippen LogP contribution in [0.25, 0.3) is 0 Å². The lowest BCUT2D eigenvalue weighted by molar-refractivity contribution is -0.119. The van der Waals surface area contributed by atoms with Gasteiger partial charge in [-0.3, -0.25) is 14.3 Å². The second-order valence-corrected chi connectivity index (χ2v) is 35.2. The summed E-state index contributed by atoms with van der Waals surface area (Å²) >= 11 is 0. The number of hydrogen-bond acceptors (Lipinski definition) is 15. The summed E-state index contributed by atoms with van der Waals surface area (Å²) < 4.78 is 49.3. The summed E-state index contributed by atoms with van der Waals surface area (Å²) in [5.41, 5.74) is 39.7. The quantitative estimate of drug-likeness (QED) is 0.0435. The van der Waals surface area contributed by atoms with Gasteiger partial charge in [-0.25, -0.2) is 9.59 Å². The first-order valence-corrected chi connectivity index (χ1v) is 35.4. The van der Waals surface area contributed by atoms with Crippen LogP contribution < -0.4 is 63.7 Å². The van der Waals surface area contributed by atoms with Crippen LogP contribution in [-0.4, -0.2) is 112 Å². The summed E-state index contributed by atoms with van der Waals surface area (Å²) in [5.74, 6) is 0.585. The smallest absolute Gasteiger partial charge is 0.322 e. The number of nitrogens with zero attached hydrogens (tertiary/aromatic N) is 3. The Morgan fingerprint density at radius 3 is 1.62 bits per heavy atom. The number of carbonyl (C=O) groups excluding carboxylic acids is 4. The van der Waals surface area contributed by atoms with E-state index in [1.807, 2.05) is 47.4 Å². The molecule has 0 saturated carbocycles. The van der Waals surface area contributed by atoms with Crippen LogP contribution in [0.3, 0.4) is 0 Å². The van der Waals surface area contributed by atoms with Gasteiger partial charge in [-0.05, 0) is 126 Å². The second kappa shape index (κ2) is 28.1. The van der Waals surface area contributed by atoms with E-state index in [-0.39, 0.29) is 40.6 Å². The largest absolute Gasteiger partial charge is 0.479 e. The Balaban J connectivity index is 0.000000173. The number of fused-ring (bicyclic) bond motifs is 5. The van der Waals surface area contributed by atoms with E-state index in [1.54, 1.807) is 65.4 Å². The molecule has 5 aliphatic heterocycles. The maximum atomic E-state index is 12.3. The molecule has 0 aliphatic carbocycles. The van der Waals surface area contributed by atoms with E-state index in [0.717, 1.165) is 51.4 Å². The highest BCUT2D eigenvalue weighted by Crippen LogP contribution is 2.39. The number of methoxy groups -OCH3 is 1. The summed E-state index contributed by atoms with van der Waals surface area (Å²) in [6.45, 7) is 27.3. The van der Waals surface area contributed by atoms with Gasteiger partial charge < -0.3 is 77.6 Å². The van der Waals surface area contributed by atoms with Crippen molar-refractivity contribution in [3.05, 3.63) is 113 Å². The van der Waals surface area contributed by atoms with Crippen molar-refractivity contribution in [1.82, 2.24) is 14.5 Å². The zero-order valence-electron chi connectivity index (χ0n) is 50.9. The molecule has 0 saturated heterocycles. The zero-order chi connectivity index (χ0) is 62.7. The summed E-state index contributed by atoms with van der Waals surface area (Å²) in [6, 6.07) is 27.2. The zero-order valence-corrected chi connectivity index (χ0v) is 53.7. The van der Waals surface area contributed by atoms with Crippen molar-refractivity contribution < 1.29 is 45.9 Å². The van der Waals surface area contributed by atoms with E-state index in [0.29, 0.717) is 105 Å². The molecule has 23 nitrogen and oxygen atoms in total. The normalized spacial score (nSPS) is 15.8. The Morgan fingerprint density at radius 2 is 1.08 bits per heavy atom. The van der Waals surface area contributed by atoms with Gasteiger partial charge in [0, 0.05) is 92.6 Å². The number of nitrogen functional groups attached to an aromatic ring is 5. The Bertz CT molecular complexity index is 3320. The Morgan fingerprint density at radius 1 is 0.588 bits per heavy atom. The Kier molecular flexibility index (Phi) is 22.0. The van der Waals surface area contributed by atoms with Crippen molar-refractivity contribution in [3.63, 3.8) is 0 Å².